The predicted octanol–water partition coefficient (Wildman–Crippen LogP) is 4.02. The highest BCUT2D eigenvalue weighted by Crippen LogP contribution is 2.18. The van der Waals surface area contributed by atoms with Crippen LogP contribution in [-0.4, -0.2) is 11.1 Å². The van der Waals surface area contributed by atoms with Gasteiger partial charge in [0.1, 0.15) is 24.0 Å². The minimum atomic E-state index is -1.25. The molecule has 110 valence electrons. The fraction of sp³-hybridized carbons (Fsp3) is 0.0588. The van der Waals surface area contributed by atoms with Crippen LogP contribution in [0.5, 0.6) is 5.75 Å². The first-order valence-electron chi connectivity index (χ1n) is 6.41. The minimum absolute atomic E-state index is 0.315. The molecule has 0 spiro atoms. The monoisotopic (exact) mass is 357 g/mol. The Morgan fingerprint density at radius 1 is 1.27 bits per heavy atom. The fourth-order valence-corrected chi connectivity index (χ4v) is 2.01. The van der Waals surface area contributed by atoms with Gasteiger partial charge >= 0.3 is 5.97 Å². The summed E-state index contributed by atoms with van der Waals surface area (Å²) in [6.45, 7) is 0.407. The van der Waals surface area contributed by atoms with Gasteiger partial charge in [-0.25, -0.2) is 4.79 Å². The van der Waals surface area contributed by atoms with Crippen molar-refractivity contribution in [2.45, 2.75) is 6.61 Å². The second kappa shape index (κ2) is 7.43. The third kappa shape index (κ3) is 4.47. The molecule has 5 heteroatoms. The number of carboxylic acid groups (broad SMARTS) is 1. The second-order valence-electron chi connectivity index (χ2n) is 4.46. The molecular weight excluding hydrogens is 346 g/mol. The van der Waals surface area contributed by atoms with Crippen LogP contribution in [0.4, 0.5) is 0 Å². The molecule has 0 aliphatic carbocycles. The summed E-state index contributed by atoms with van der Waals surface area (Å²) in [6, 6.07) is 16.4. The number of halogens is 1. The van der Waals surface area contributed by atoms with Crippen LogP contribution in [-0.2, 0) is 11.4 Å². The van der Waals surface area contributed by atoms with Gasteiger partial charge in [-0.15, -0.1) is 0 Å². The lowest BCUT2D eigenvalue weighted by Gasteiger charge is -2.07. The van der Waals surface area contributed by atoms with Crippen molar-refractivity contribution in [3.05, 3.63) is 69.7 Å². The zero-order chi connectivity index (χ0) is 15.9. The first kappa shape index (κ1) is 15.8. The molecule has 0 unspecified atom stereocenters. The molecule has 0 saturated carbocycles. The molecule has 0 aliphatic rings. The molecular formula is C17H12BrNO3. The van der Waals surface area contributed by atoms with Gasteiger partial charge < -0.3 is 9.84 Å². The highest BCUT2D eigenvalue weighted by molar-refractivity contribution is 9.10. The maximum absolute atomic E-state index is 10.8. The lowest BCUT2D eigenvalue weighted by atomic mass is 10.1. The van der Waals surface area contributed by atoms with Crippen LogP contribution < -0.4 is 4.74 Å². The van der Waals surface area contributed by atoms with E-state index in [-0.39, 0.29) is 5.57 Å². The van der Waals surface area contributed by atoms with Crippen LogP contribution in [0.15, 0.2) is 58.6 Å². The van der Waals surface area contributed by atoms with Crippen LogP contribution in [0, 0.1) is 11.3 Å². The van der Waals surface area contributed by atoms with Crippen molar-refractivity contribution in [1.29, 1.82) is 5.26 Å². The minimum Gasteiger partial charge on any atom is -0.489 e. The number of hydrogen-bond donors (Lipinski definition) is 1. The van der Waals surface area contributed by atoms with Crippen LogP contribution >= 0.6 is 15.9 Å². The van der Waals surface area contributed by atoms with Gasteiger partial charge in [-0.3, -0.25) is 0 Å². The number of nitriles is 1. The molecule has 0 heterocycles. The van der Waals surface area contributed by atoms with E-state index in [4.69, 9.17) is 15.1 Å². The number of aliphatic carboxylic acids is 1. The maximum Gasteiger partial charge on any atom is 0.346 e. The Morgan fingerprint density at radius 2 is 2.00 bits per heavy atom. The quantitative estimate of drug-likeness (QED) is 0.647. The largest absolute Gasteiger partial charge is 0.489 e. The lowest BCUT2D eigenvalue weighted by Crippen LogP contribution is -1.98. The Labute approximate surface area is 136 Å². The third-order valence-corrected chi connectivity index (χ3v) is 3.37. The van der Waals surface area contributed by atoms with Gasteiger partial charge in [-0.2, -0.15) is 5.26 Å². The van der Waals surface area contributed by atoms with Gasteiger partial charge in [0, 0.05) is 4.47 Å². The number of carbonyl (C=O) groups is 1. The number of carboxylic acids is 1. The van der Waals surface area contributed by atoms with Gasteiger partial charge in [0.2, 0.25) is 0 Å². The molecule has 0 atom stereocenters. The number of rotatable bonds is 5. The van der Waals surface area contributed by atoms with Crippen molar-refractivity contribution in [3.8, 4) is 11.8 Å². The van der Waals surface area contributed by atoms with Crippen molar-refractivity contribution in [2.75, 3.05) is 0 Å². The van der Waals surface area contributed by atoms with Crippen molar-refractivity contribution in [1.82, 2.24) is 0 Å². The molecule has 2 aromatic rings. The summed E-state index contributed by atoms with van der Waals surface area (Å²) in [5, 5.41) is 17.6. The topological polar surface area (TPSA) is 70.3 Å². The molecule has 0 saturated heterocycles. The van der Waals surface area contributed by atoms with E-state index >= 15 is 0 Å². The van der Waals surface area contributed by atoms with Gasteiger partial charge in [0.25, 0.3) is 0 Å². The Hall–Kier alpha value is -2.58. The molecule has 0 radical (unpaired) electrons. The summed E-state index contributed by atoms with van der Waals surface area (Å²) < 4.78 is 6.67. The zero-order valence-corrected chi connectivity index (χ0v) is 13.1. The van der Waals surface area contributed by atoms with E-state index in [1.807, 2.05) is 24.3 Å². The standard InChI is InChI=1S/C17H12BrNO3/c18-15-6-4-12(5-7-15)11-22-16-3-1-2-13(9-16)8-14(10-19)17(20)21/h1-9H,11H2,(H,20,21). The summed E-state index contributed by atoms with van der Waals surface area (Å²) in [5.41, 5.74) is 1.31. The molecule has 2 aromatic carbocycles. The van der Waals surface area contributed by atoms with Gasteiger partial charge in [-0.05, 0) is 41.5 Å². The maximum atomic E-state index is 10.8. The van der Waals surface area contributed by atoms with Crippen LogP contribution in [0.3, 0.4) is 0 Å². The average molecular weight is 358 g/mol. The smallest absolute Gasteiger partial charge is 0.346 e. The Bertz CT molecular complexity index is 745. The second-order valence-corrected chi connectivity index (χ2v) is 5.38. The van der Waals surface area contributed by atoms with Crippen LogP contribution in [0.2, 0.25) is 0 Å². The fourth-order valence-electron chi connectivity index (χ4n) is 1.75. The van der Waals surface area contributed by atoms with Crippen molar-refractivity contribution in [2.24, 2.45) is 0 Å². The molecule has 0 fully saturated rings. The predicted molar refractivity (Wildman–Crippen MR) is 86.1 cm³/mol. The van der Waals surface area contributed by atoms with E-state index in [2.05, 4.69) is 15.9 Å². The molecule has 0 aliphatic heterocycles. The summed E-state index contributed by atoms with van der Waals surface area (Å²) in [5.74, 6) is -0.636. The summed E-state index contributed by atoms with van der Waals surface area (Å²) in [6.07, 6.45) is 1.31. The number of ether oxygens (including phenoxy) is 1. The highest BCUT2D eigenvalue weighted by atomic mass is 79.9. The van der Waals surface area contributed by atoms with E-state index in [9.17, 15) is 4.79 Å². The summed E-state index contributed by atoms with van der Waals surface area (Å²) in [7, 11) is 0. The summed E-state index contributed by atoms with van der Waals surface area (Å²) >= 11 is 3.37. The van der Waals surface area contributed by atoms with E-state index in [0.717, 1.165) is 10.0 Å². The number of benzene rings is 2. The number of hydrogen-bond acceptors (Lipinski definition) is 3. The van der Waals surface area contributed by atoms with E-state index in [0.29, 0.717) is 17.9 Å². The van der Waals surface area contributed by atoms with Crippen molar-refractivity contribution in [3.63, 3.8) is 0 Å². The summed E-state index contributed by atoms with van der Waals surface area (Å²) in [4.78, 5) is 10.8. The van der Waals surface area contributed by atoms with Gasteiger partial charge in [0.15, 0.2) is 0 Å². The molecule has 0 bridgehead atoms. The molecule has 4 nitrogen and oxygen atoms in total. The lowest BCUT2D eigenvalue weighted by molar-refractivity contribution is -0.132. The third-order valence-electron chi connectivity index (χ3n) is 2.84. The molecule has 22 heavy (non-hydrogen) atoms. The van der Waals surface area contributed by atoms with Crippen molar-refractivity contribution >= 4 is 28.0 Å². The van der Waals surface area contributed by atoms with Crippen LogP contribution in [0.1, 0.15) is 11.1 Å². The van der Waals surface area contributed by atoms with E-state index in [1.165, 1.54) is 6.08 Å². The first-order valence-corrected chi connectivity index (χ1v) is 7.20. The van der Waals surface area contributed by atoms with Crippen molar-refractivity contribution < 1.29 is 14.6 Å². The van der Waals surface area contributed by atoms with Crippen LogP contribution in [0.25, 0.3) is 6.08 Å². The van der Waals surface area contributed by atoms with Gasteiger partial charge in [0.05, 0.1) is 0 Å². The van der Waals surface area contributed by atoms with Gasteiger partial charge in [-0.1, -0.05) is 40.2 Å². The van der Waals surface area contributed by atoms with E-state index in [1.54, 1.807) is 30.3 Å². The molecule has 0 amide bonds. The molecule has 0 aromatic heterocycles. The molecule has 1 N–H and O–H groups in total. The van der Waals surface area contributed by atoms with E-state index < -0.39 is 5.97 Å². The Kier molecular flexibility index (Phi) is 5.34. The first-order chi connectivity index (χ1) is 10.6. The number of nitrogens with zero attached hydrogens (tertiary/aromatic N) is 1. The Balaban J connectivity index is 2.10. The SMILES string of the molecule is N#CC(=Cc1cccc(OCc2ccc(Br)cc2)c1)C(=O)O. The normalized spacial score (nSPS) is 10.8. The molecule has 2 rings (SSSR count). The Morgan fingerprint density at radius 3 is 2.64 bits per heavy atom. The zero-order valence-electron chi connectivity index (χ0n) is 11.5. The average Bonchev–Trinajstić information content (AvgIpc) is 2.52. The highest BCUT2D eigenvalue weighted by Gasteiger charge is 2.06.